The first-order valence-corrected chi connectivity index (χ1v) is 6.94. The van der Waals surface area contributed by atoms with Crippen molar-refractivity contribution in [3.63, 3.8) is 0 Å². The van der Waals surface area contributed by atoms with E-state index in [9.17, 15) is 0 Å². The number of piperidine rings is 1. The first-order chi connectivity index (χ1) is 8.44. The summed E-state index contributed by atoms with van der Waals surface area (Å²) in [5.41, 5.74) is 0.0576. The molecule has 3 heteroatoms. The highest BCUT2D eigenvalue weighted by Crippen LogP contribution is 2.23. The fourth-order valence-electron chi connectivity index (χ4n) is 2.29. The molecule has 1 aromatic heterocycles. The van der Waals surface area contributed by atoms with E-state index in [-0.39, 0.29) is 5.54 Å². The quantitative estimate of drug-likeness (QED) is 0.866. The van der Waals surface area contributed by atoms with Crippen molar-refractivity contribution in [2.45, 2.75) is 46.1 Å². The minimum absolute atomic E-state index is 0.0576. The third-order valence-electron chi connectivity index (χ3n) is 3.35. The highest BCUT2D eigenvalue weighted by Gasteiger charge is 2.17. The lowest BCUT2D eigenvalue weighted by atomic mass is 9.99. The molecule has 3 nitrogen and oxygen atoms in total. The van der Waals surface area contributed by atoms with Crippen LogP contribution in [0.15, 0.2) is 18.2 Å². The molecule has 1 aromatic rings. The molecule has 2 rings (SSSR count). The summed E-state index contributed by atoms with van der Waals surface area (Å²) in [6.07, 6.45) is 2.55. The molecule has 1 fully saturated rings. The van der Waals surface area contributed by atoms with Crippen molar-refractivity contribution in [2.24, 2.45) is 5.92 Å². The highest BCUT2D eigenvalue weighted by atomic mass is 15.2. The number of nitrogens with zero attached hydrogens (tertiary/aromatic N) is 2. The van der Waals surface area contributed by atoms with Crippen LogP contribution in [0.25, 0.3) is 0 Å². The second-order valence-corrected chi connectivity index (χ2v) is 6.43. The lowest BCUT2D eigenvalue weighted by Crippen LogP contribution is -2.33. The standard InChI is InChI=1S/C15H25N3/c1-12-8-10-18(11-9-12)14-7-5-6-13(16-14)17-15(2,3)4/h5-7,12H,8-11H2,1-4H3,(H,16,17). The predicted molar refractivity (Wildman–Crippen MR) is 78.2 cm³/mol. The molecule has 1 N–H and O–H groups in total. The fraction of sp³-hybridized carbons (Fsp3) is 0.667. The molecule has 1 aliphatic rings. The molecule has 0 spiro atoms. The van der Waals surface area contributed by atoms with Gasteiger partial charge in [-0.15, -0.1) is 0 Å². The molecule has 0 aromatic carbocycles. The van der Waals surface area contributed by atoms with E-state index < -0.39 is 0 Å². The van der Waals surface area contributed by atoms with Gasteiger partial charge in [-0.2, -0.15) is 0 Å². The summed E-state index contributed by atoms with van der Waals surface area (Å²) in [6, 6.07) is 6.25. The Balaban J connectivity index is 2.07. The van der Waals surface area contributed by atoms with Gasteiger partial charge >= 0.3 is 0 Å². The number of hydrogen-bond acceptors (Lipinski definition) is 3. The van der Waals surface area contributed by atoms with Crippen LogP contribution in [0.5, 0.6) is 0 Å². The summed E-state index contributed by atoms with van der Waals surface area (Å²) in [5.74, 6) is 2.94. The van der Waals surface area contributed by atoms with Crippen molar-refractivity contribution in [2.75, 3.05) is 23.3 Å². The van der Waals surface area contributed by atoms with Gasteiger partial charge in [0.2, 0.25) is 0 Å². The summed E-state index contributed by atoms with van der Waals surface area (Å²) in [5, 5.41) is 3.43. The van der Waals surface area contributed by atoms with Gasteiger partial charge in [0.25, 0.3) is 0 Å². The van der Waals surface area contributed by atoms with E-state index >= 15 is 0 Å². The molecule has 1 saturated heterocycles. The van der Waals surface area contributed by atoms with E-state index in [2.05, 4.69) is 50.0 Å². The maximum absolute atomic E-state index is 4.72. The normalized spacial score (nSPS) is 17.9. The molecule has 0 unspecified atom stereocenters. The monoisotopic (exact) mass is 247 g/mol. The summed E-state index contributed by atoms with van der Waals surface area (Å²) >= 11 is 0. The Morgan fingerprint density at radius 3 is 2.50 bits per heavy atom. The predicted octanol–water partition coefficient (Wildman–Crippen LogP) is 3.53. The average molecular weight is 247 g/mol. The van der Waals surface area contributed by atoms with Crippen LogP contribution in [-0.4, -0.2) is 23.6 Å². The van der Waals surface area contributed by atoms with Gasteiger partial charge in [-0.05, 0) is 51.7 Å². The Hall–Kier alpha value is -1.25. The molecule has 0 aliphatic carbocycles. The molecule has 100 valence electrons. The number of anilines is 2. The third-order valence-corrected chi connectivity index (χ3v) is 3.35. The lowest BCUT2D eigenvalue weighted by Gasteiger charge is -2.31. The minimum Gasteiger partial charge on any atom is -0.365 e. The molecule has 0 atom stereocenters. The Kier molecular flexibility index (Phi) is 3.79. The Morgan fingerprint density at radius 1 is 1.22 bits per heavy atom. The molecule has 0 radical (unpaired) electrons. The first-order valence-electron chi connectivity index (χ1n) is 6.94. The van der Waals surface area contributed by atoms with E-state index in [1.807, 2.05) is 6.07 Å². The van der Waals surface area contributed by atoms with E-state index in [4.69, 9.17) is 4.98 Å². The summed E-state index contributed by atoms with van der Waals surface area (Å²) < 4.78 is 0. The highest BCUT2D eigenvalue weighted by molar-refractivity contribution is 5.48. The summed E-state index contributed by atoms with van der Waals surface area (Å²) in [7, 11) is 0. The maximum Gasteiger partial charge on any atom is 0.130 e. The van der Waals surface area contributed by atoms with Gasteiger partial charge in [-0.25, -0.2) is 4.98 Å². The van der Waals surface area contributed by atoms with Gasteiger partial charge in [-0.1, -0.05) is 13.0 Å². The van der Waals surface area contributed by atoms with Crippen molar-refractivity contribution in [3.05, 3.63) is 18.2 Å². The average Bonchev–Trinajstić information content (AvgIpc) is 2.28. The van der Waals surface area contributed by atoms with Crippen LogP contribution in [0.1, 0.15) is 40.5 Å². The summed E-state index contributed by atoms with van der Waals surface area (Å²) in [4.78, 5) is 7.12. The second kappa shape index (κ2) is 5.17. The van der Waals surface area contributed by atoms with Crippen LogP contribution in [-0.2, 0) is 0 Å². The molecular formula is C15H25N3. The minimum atomic E-state index is 0.0576. The van der Waals surface area contributed by atoms with Gasteiger partial charge in [0, 0.05) is 18.6 Å². The fourth-order valence-corrected chi connectivity index (χ4v) is 2.29. The number of hydrogen-bond donors (Lipinski definition) is 1. The number of aromatic nitrogens is 1. The van der Waals surface area contributed by atoms with Crippen LogP contribution < -0.4 is 10.2 Å². The van der Waals surface area contributed by atoms with Crippen LogP contribution >= 0.6 is 0 Å². The van der Waals surface area contributed by atoms with Gasteiger partial charge < -0.3 is 10.2 Å². The van der Waals surface area contributed by atoms with E-state index in [0.29, 0.717) is 0 Å². The van der Waals surface area contributed by atoms with Crippen molar-refractivity contribution >= 4 is 11.6 Å². The number of nitrogens with one attached hydrogen (secondary N) is 1. The molecule has 0 saturated carbocycles. The van der Waals surface area contributed by atoms with Gasteiger partial charge in [0.05, 0.1) is 0 Å². The largest absolute Gasteiger partial charge is 0.365 e. The van der Waals surface area contributed by atoms with Crippen molar-refractivity contribution in [3.8, 4) is 0 Å². The Labute approximate surface area is 111 Å². The molecular weight excluding hydrogens is 222 g/mol. The van der Waals surface area contributed by atoms with Gasteiger partial charge in [0.1, 0.15) is 11.6 Å². The Bertz CT molecular complexity index is 387. The van der Waals surface area contributed by atoms with Crippen LogP contribution in [0.3, 0.4) is 0 Å². The van der Waals surface area contributed by atoms with E-state index in [1.54, 1.807) is 0 Å². The van der Waals surface area contributed by atoms with Crippen molar-refractivity contribution in [1.29, 1.82) is 0 Å². The molecule has 0 bridgehead atoms. The zero-order valence-corrected chi connectivity index (χ0v) is 12.0. The van der Waals surface area contributed by atoms with Crippen LogP contribution in [0, 0.1) is 5.92 Å². The second-order valence-electron chi connectivity index (χ2n) is 6.43. The van der Waals surface area contributed by atoms with Crippen LogP contribution in [0.2, 0.25) is 0 Å². The van der Waals surface area contributed by atoms with E-state index in [0.717, 1.165) is 30.6 Å². The van der Waals surface area contributed by atoms with E-state index in [1.165, 1.54) is 12.8 Å². The third kappa shape index (κ3) is 3.62. The zero-order chi connectivity index (χ0) is 13.2. The molecule has 2 heterocycles. The van der Waals surface area contributed by atoms with Crippen molar-refractivity contribution in [1.82, 2.24) is 4.98 Å². The maximum atomic E-state index is 4.72. The van der Waals surface area contributed by atoms with Crippen molar-refractivity contribution < 1.29 is 0 Å². The Morgan fingerprint density at radius 2 is 1.89 bits per heavy atom. The van der Waals surface area contributed by atoms with Gasteiger partial charge in [0.15, 0.2) is 0 Å². The smallest absolute Gasteiger partial charge is 0.130 e. The van der Waals surface area contributed by atoms with Gasteiger partial charge in [-0.3, -0.25) is 0 Å². The topological polar surface area (TPSA) is 28.2 Å². The number of pyridine rings is 1. The van der Waals surface area contributed by atoms with Crippen LogP contribution in [0.4, 0.5) is 11.6 Å². The SMILES string of the molecule is CC1CCN(c2cccc(NC(C)(C)C)n2)CC1. The lowest BCUT2D eigenvalue weighted by molar-refractivity contribution is 0.436. The summed E-state index contributed by atoms with van der Waals surface area (Å²) in [6.45, 7) is 11.1. The molecule has 18 heavy (non-hydrogen) atoms. The zero-order valence-electron chi connectivity index (χ0n) is 12.0. The number of rotatable bonds is 2. The first kappa shape index (κ1) is 13.2. The molecule has 0 amide bonds. The molecule has 1 aliphatic heterocycles.